The van der Waals surface area contributed by atoms with Gasteiger partial charge in [-0.2, -0.15) is 0 Å². The van der Waals surface area contributed by atoms with Gasteiger partial charge in [0.2, 0.25) is 0 Å². The van der Waals surface area contributed by atoms with E-state index in [1.54, 1.807) is 0 Å². The highest BCUT2D eigenvalue weighted by Crippen LogP contribution is 2.45. The summed E-state index contributed by atoms with van der Waals surface area (Å²) < 4.78 is 67.8. The number of rotatable bonds is 63. The molecule has 3 N–H and O–H groups in total. The van der Waals surface area contributed by atoms with Gasteiger partial charge in [0.1, 0.15) is 19.3 Å². The van der Waals surface area contributed by atoms with Crippen LogP contribution in [-0.2, 0) is 65.4 Å². The van der Waals surface area contributed by atoms with E-state index in [-0.39, 0.29) is 25.7 Å². The van der Waals surface area contributed by atoms with Crippen molar-refractivity contribution < 1.29 is 80.2 Å². The van der Waals surface area contributed by atoms with Crippen LogP contribution < -0.4 is 0 Å². The Bertz CT molecular complexity index is 1660. The second-order valence-corrected chi connectivity index (χ2v) is 27.8. The van der Waals surface area contributed by atoms with E-state index in [1.165, 1.54) is 122 Å². The molecular formula is C65H126O17P2. The van der Waals surface area contributed by atoms with Crippen LogP contribution in [0.5, 0.6) is 0 Å². The predicted molar refractivity (Wildman–Crippen MR) is 335 cm³/mol. The summed E-state index contributed by atoms with van der Waals surface area (Å²) >= 11 is 0. The maximum Gasteiger partial charge on any atom is 0.472 e. The fraction of sp³-hybridized carbons (Fsp3) is 0.938. The quantitative estimate of drug-likeness (QED) is 0.0222. The summed E-state index contributed by atoms with van der Waals surface area (Å²) in [5.41, 5.74) is 0. The third kappa shape index (κ3) is 59.0. The van der Waals surface area contributed by atoms with E-state index in [2.05, 4.69) is 48.5 Å². The molecule has 2 unspecified atom stereocenters. The largest absolute Gasteiger partial charge is 0.472 e. The second kappa shape index (κ2) is 56.3. The maximum absolute atomic E-state index is 13.0. The summed E-state index contributed by atoms with van der Waals surface area (Å²) in [5, 5.41) is 10.5. The first-order valence-electron chi connectivity index (χ1n) is 33.8. The van der Waals surface area contributed by atoms with Gasteiger partial charge in [-0.05, 0) is 43.4 Å². The van der Waals surface area contributed by atoms with Crippen molar-refractivity contribution in [1.82, 2.24) is 0 Å². The monoisotopic (exact) mass is 1240 g/mol. The number of carbonyl (C=O) groups is 4. The second-order valence-electron chi connectivity index (χ2n) is 24.9. The van der Waals surface area contributed by atoms with Gasteiger partial charge in [-0.3, -0.25) is 37.3 Å². The van der Waals surface area contributed by atoms with Crippen LogP contribution in [0.2, 0.25) is 0 Å². The Morgan fingerprint density at radius 1 is 0.321 bits per heavy atom. The van der Waals surface area contributed by atoms with Gasteiger partial charge in [0.05, 0.1) is 26.4 Å². The third-order valence-corrected chi connectivity index (χ3v) is 16.8. The molecule has 0 aromatic rings. The fourth-order valence-corrected chi connectivity index (χ4v) is 11.2. The number of hydrogen-bond donors (Lipinski definition) is 3. The van der Waals surface area contributed by atoms with E-state index >= 15 is 0 Å². The minimum Gasteiger partial charge on any atom is -0.462 e. The molecule has 498 valence electrons. The van der Waals surface area contributed by atoms with Crippen LogP contribution in [0.15, 0.2) is 0 Å². The number of aliphatic hydroxyl groups excluding tert-OH is 1. The molecule has 0 radical (unpaired) electrons. The maximum atomic E-state index is 13.0. The van der Waals surface area contributed by atoms with Crippen LogP contribution in [0, 0.1) is 17.8 Å². The lowest BCUT2D eigenvalue weighted by atomic mass is 10.0. The first-order valence-corrected chi connectivity index (χ1v) is 36.8. The van der Waals surface area contributed by atoms with Crippen molar-refractivity contribution in [2.24, 2.45) is 17.8 Å². The minimum absolute atomic E-state index is 0.101. The zero-order chi connectivity index (χ0) is 62.4. The topological polar surface area (TPSA) is 237 Å². The Kier molecular flexibility index (Phi) is 55.0. The number of ether oxygens (including phenoxy) is 4. The van der Waals surface area contributed by atoms with Gasteiger partial charge in [0.15, 0.2) is 12.2 Å². The normalized spacial score (nSPS) is 14.3. The summed E-state index contributed by atoms with van der Waals surface area (Å²) in [5.74, 6) is 0.0751. The van der Waals surface area contributed by atoms with E-state index < -0.39 is 97.5 Å². The molecule has 0 aromatic heterocycles. The number of hydrogen-bond acceptors (Lipinski definition) is 15. The minimum atomic E-state index is -4.95. The number of phosphoric ester groups is 2. The lowest BCUT2D eigenvalue weighted by Crippen LogP contribution is -2.30. The highest BCUT2D eigenvalue weighted by Gasteiger charge is 2.30. The zero-order valence-corrected chi connectivity index (χ0v) is 56.1. The van der Waals surface area contributed by atoms with Crippen molar-refractivity contribution in [3.8, 4) is 0 Å². The molecule has 0 aromatic carbocycles. The SMILES string of the molecule is CCCCCCCC(=O)OC[C@H](COP(=O)(O)OC[C@H](O)COP(=O)(O)OC[C@@H](COC(=O)CCCCCCCCCCCCC(C)C)OC(=O)CCCCCCCCCCCCCCCCC(C)C)OC(=O)CCCCCCCCC(C)C. The van der Waals surface area contributed by atoms with Gasteiger partial charge >= 0.3 is 39.5 Å². The van der Waals surface area contributed by atoms with E-state index in [1.807, 2.05) is 0 Å². The average molecular weight is 1240 g/mol. The molecule has 0 aliphatic carbocycles. The summed E-state index contributed by atoms with van der Waals surface area (Å²) in [4.78, 5) is 72.0. The van der Waals surface area contributed by atoms with Gasteiger partial charge in [0, 0.05) is 25.7 Å². The van der Waals surface area contributed by atoms with Crippen molar-refractivity contribution in [3.05, 3.63) is 0 Å². The Balaban J connectivity index is 5.16. The molecule has 0 saturated heterocycles. The summed E-state index contributed by atoms with van der Waals surface area (Å²) in [6.45, 7) is 11.6. The van der Waals surface area contributed by atoms with Gasteiger partial charge < -0.3 is 33.8 Å². The van der Waals surface area contributed by atoms with E-state index in [9.17, 15) is 43.2 Å². The van der Waals surface area contributed by atoms with E-state index in [0.717, 1.165) is 108 Å². The van der Waals surface area contributed by atoms with Crippen molar-refractivity contribution in [3.63, 3.8) is 0 Å². The molecule has 0 aliphatic rings. The molecule has 84 heavy (non-hydrogen) atoms. The van der Waals surface area contributed by atoms with Crippen LogP contribution in [0.4, 0.5) is 0 Å². The highest BCUT2D eigenvalue weighted by molar-refractivity contribution is 7.47. The average Bonchev–Trinajstić information content (AvgIpc) is 3.45. The Morgan fingerprint density at radius 2 is 0.548 bits per heavy atom. The molecule has 0 rings (SSSR count). The molecular weight excluding hydrogens is 1110 g/mol. The lowest BCUT2D eigenvalue weighted by Gasteiger charge is -2.21. The van der Waals surface area contributed by atoms with Crippen LogP contribution in [0.3, 0.4) is 0 Å². The Morgan fingerprint density at radius 3 is 0.810 bits per heavy atom. The molecule has 0 amide bonds. The van der Waals surface area contributed by atoms with Crippen molar-refractivity contribution in [2.75, 3.05) is 39.6 Å². The van der Waals surface area contributed by atoms with E-state index in [0.29, 0.717) is 31.6 Å². The first kappa shape index (κ1) is 82.1. The molecule has 17 nitrogen and oxygen atoms in total. The van der Waals surface area contributed by atoms with Gasteiger partial charge in [-0.1, -0.05) is 267 Å². The highest BCUT2D eigenvalue weighted by atomic mass is 31.2. The van der Waals surface area contributed by atoms with Crippen LogP contribution >= 0.6 is 15.6 Å². The number of unbranched alkanes of at least 4 members (excludes halogenated alkanes) is 31. The molecule has 0 heterocycles. The summed E-state index contributed by atoms with van der Waals surface area (Å²) in [6, 6.07) is 0. The molecule has 19 heteroatoms. The Hall–Kier alpha value is -1.94. The number of esters is 4. The van der Waals surface area contributed by atoms with Crippen LogP contribution in [0.1, 0.15) is 318 Å². The van der Waals surface area contributed by atoms with Crippen molar-refractivity contribution in [1.29, 1.82) is 0 Å². The molecule has 0 spiro atoms. The van der Waals surface area contributed by atoms with Gasteiger partial charge in [-0.15, -0.1) is 0 Å². The zero-order valence-electron chi connectivity index (χ0n) is 54.4. The Labute approximate surface area is 511 Å². The predicted octanol–water partition coefficient (Wildman–Crippen LogP) is 17.9. The standard InChI is InChI=1S/C65H126O17P2/c1-8-9-10-29-39-46-62(67)75-52-60(82-65(70)49-42-35-28-27-32-38-45-58(6)7)54-79-83(71,72)77-50-59(66)51-78-84(73,74)80-55-61(53-76-63(68)47-40-33-25-21-18-17-20-24-31-37-44-57(4)5)81-64(69)48-41-34-26-22-16-14-12-11-13-15-19-23-30-36-43-56(2)3/h56-61,66H,8-55H2,1-7H3,(H,71,72)(H,73,74)/t59-,60+,61+/m0/s1. The van der Waals surface area contributed by atoms with Crippen molar-refractivity contribution in [2.45, 2.75) is 336 Å². The van der Waals surface area contributed by atoms with Crippen LogP contribution in [0.25, 0.3) is 0 Å². The summed E-state index contributed by atoms with van der Waals surface area (Å²) in [6.07, 6.45) is 38.1. The van der Waals surface area contributed by atoms with Crippen molar-refractivity contribution >= 4 is 39.5 Å². The molecule has 5 atom stereocenters. The summed E-state index contributed by atoms with van der Waals surface area (Å²) in [7, 11) is -9.88. The lowest BCUT2D eigenvalue weighted by molar-refractivity contribution is -0.161. The number of carbonyl (C=O) groups excluding carboxylic acids is 4. The molecule has 0 fully saturated rings. The molecule has 0 saturated carbocycles. The number of phosphoric acid groups is 2. The number of aliphatic hydroxyl groups is 1. The van der Waals surface area contributed by atoms with Gasteiger partial charge in [0.25, 0.3) is 0 Å². The van der Waals surface area contributed by atoms with E-state index in [4.69, 9.17) is 37.0 Å². The van der Waals surface area contributed by atoms with Gasteiger partial charge in [-0.25, -0.2) is 9.13 Å². The molecule has 0 bridgehead atoms. The first-order chi connectivity index (χ1) is 40.2. The van der Waals surface area contributed by atoms with Crippen LogP contribution in [-0.4, -0.2) is 96.7 Å². The fourth-order valence-electron chi connectivity index (χ4n) is 9.66. The smallest absolute Gasteiger partial charge is 0.462 e. The third-order valence-electron chi connectivity index (χ3n) is 14.9. The molecule has 0 aliphatic heterocycles.